The van der Waals surface area contributed by atoms with Crippen LogP contribution in [0.1, 0.15) is 53.4 Å². The first kappa shape index (κ1) is 15.5. The fourth-order valence-electron chi connectivity index (χ4n) is 2.76. The highest BCUT2D eigenvalue weighted by atomic mass is 16.1. The van der Waals surface area contributed by atoms with Crippen LogP contribution >= 0.6 is 0 Å². The number of hydrogen-bond donors (Lipinski definition) is 2. The Morgan fingerprint density at radius 3 is 2.61 bits per heavy atom. The summed E-state index contributed by atoms with van der Waals surface area (Å²) in [5, 5.41) is 6.39. The van der Waals surface area contributed by atoms with E-state index in [0.29, 0.717) is 24.4 Å². The summed E-state index contributed by atoms with van der Waals surface area (Å²) in [6, 6.07) is 0.525. The molecular weight excluding hydrogens is 224 g/mol. The smallest absolute Gasteiger partial charge is 0.233 e. The van der Waals surface area contributed by atoms with Crippen LogP contribution in [0.4, 0.5) is 0 Å². The molecule has 3 atom stereocenters. The van der Waals surface area contributed by atoms with Crippen LogP contribution in [-0.4, -0.2) is 25.0 Å². The molecule has 3 nitrogen and oxygen atoms in total. The molecule has 2 N–H and O–H groups in total. The van der Waals surface area contributed by atoms with Crippen molar-refractivity contribution in [3.05, 3.63) is 0 Å². The van der Waals surface area contributed by atoms with Crippen molar-refractivity contribution in [1.29, 1.82) is 0 Å². The van der Waals surface area contributed by atoms with E-state index in [0.717, 1.165) is 18.9 Å². The molecule has 106 valence electrons. The molecule has 0 spiro atoms. The van der Waals surface area contributed by atoms with Crippen LogP contribution in [0.25, 0.3) is 0 Å². The Bertz CT molecular complexity index is 253. The highest BCUT2D eigenvalue weighted by molar-refractivity contribution is 5.77. The molecule has 1 aliphatic rings. The Balaban J connectivity index is 2.14. The normalized spacial score (nSPS) is 28.4. The van der Waals surface area contributed by atoms with E-state index in [2.05, 4.69) is 38.3 Å². The van der Waals surface area contributed by atoms with Crippen molar-refractivity contribution in [3.8, 4) is 0 Å². The standard InChI is InChI=1S/C15H30N2O/c1-11(2)7-8-16-15(18)10-17-14-6-5-12(3)9-13(14)4/h11-14,17H,5-10H2,1-4H3,(H,16,18). The Labute approximate surface area is 112 Å². The minimum absolute atomic E-state index is 0.140. The molecule has 1 aliphatic carbocycles. The third-order valence-electron chi connectivity index (χ3n) is 4.00. The van der Waals surface area contributed by atoms with Crippen molar-refractivity contribution in [2.75, 3.05) is 13.1 Å². The first-order valence-electron chi connectivity index (χ1n) is 7.49. The molecule has 1 rings (SSSR count). The number of amides is 1. The first-order valence-corrected chi connectivity index (χ1v) is 7.49. The van der Waals surface area contributed by atoms with E-state index in [1.54, 1.807) is 0 Å². The zero-order valence-electron chi connectivity index (χ0n) is 12.5. The average molecular weight is 254 g/mol. The van der Waals surface area contributed by atoms with E-state index in [1.165, 1.54) is 19.3 Å². The molecule has 1 fully saturated rings. The number of carbonyl (C=O) groups excluding carboxylic acids is 1. The van der Waals surface area contributed by atoms with Crippen molar-refractivity contribution in [1.82, 2.24) is 10.6 Å². The van der Waals surface area contributed by atoms with Crippen molar-refractivity contribution in [3.63, 3.8) is 0 Å². The third-order valence-corrected chi connectivity index (χ3v) is 4.00. The maximum absolute atomic E-state index is 11.7. The summed E-state index contributed by atoms with van der Waals surface area (Å²) in [5.41, 5.74) is 0. The number of carbonyl (C=O) groups is 1. The molecule has 0 aliphatic heterocycles. The van der Waals surface area contributed by atoms with Gasteiger partial charge in [-0.3, -0.25) is 4.79 Å². The van der Waals surface area contributed by atoms with Gasteiger partial charge >= 0.3 is 0 Å². The van der Waals surface area contributed by atoms with Gasteiger partial charge in [-0.25, -0.2) is 0 Å². The minimum Gasteiger partial charge on any atom is -0.355 e. The highest BCUT2D eigenvalue weighted by Crippen LogP contribution is 2.28. The predicted molar refractivity (Wildman–Crippen MR) is 76.4 cm³/mol. The lowest BCUT2D eigenvalue weighted by molar-refractivity contribution is -0.120. The second kappa shape index (κ2) is 7.78. The second-order valence-corrected chi connectivity index (χ2v) is 6.42. The summed E-state index contributed by atoms with van der Waals surface area (Å²) < 4.78 is 0. The van der Waals surface area contributed by atoms with Crippen LogP contribution in [0.15, 0.2) is 0 Å². The maximum Gasteiger partial charge on any atom is 0.233 e. The van der Waals surface area contributed by atoms with Gasteiger partial charge in [0.2, 0.25) is 5.91 Å². The minimum atomic E-state index is 0.140. The van der Waals surface area contributed by atoms with E-state index in [1.807, 2.05) is 0 Å². The predicted octanol–water partition coefficient (Wildman–Crippen LogP) is 2.56. The fraction of sp³-hybridized carbons (Fsp3) is 0.933. The number of rotatable bonds is 6. The van der Waals surface area contributed by atoms with E-state index >= 15 is 0 Å². The molecule has 0 aromatic carbocycles. The fourth-order valence-corrected chi connectivity index (χ4v) is 2.76. The number of hydrogen-bond acceptors (Lipinski definition) is 2. The molecule has 0 heterocycles. The Kier molecular flexibility index (Phi) is 6.69. The quantitative estimate of drug-likeness (QED) is 0.765. The van der Waals surface area contributed by atoms with Gasteiger partial charge < -0.3 is 10.6 Å². The van der Waals surface area contributed by atoms with Gasteiger partial charge in [0.05, 0.1) is 6.54 Å². The largest absolute Gasteiger partial charge is 0.355 e. The Hall–Kier alpha value is -0.570. The summed E-state index contributed by atoms with van der Waals surface area (Å²) in [6.07, 6.45) is 4.84. The molecule has 0 bridgehead atoms. The van der Waals surface area contributed by atoms with Crippen LogP contribution in [0.3, 0.4) is 0 Å². The van der Waals surface area contributed by atoms with Crippen LogP contribution in [-0.2, 0) is 4.79 Å². The van der Waals surface area contributed by atoms with Crippen molar-refractivity contribution >= 4 is 5.91 Å². The van der Waals surface area contributed by atoms with Gasteiger partial charge in [0.15, 0.2) is 0 Å². The van der Waals surface area contributed by atoms with E-state index in [9.17, 15) is 4.79 Å². The molecule has 1 saturated carbocycles. The molecule has 3 unspecified atom stereocenters. The molecule has 1 amide bonds. The summed E-state index contributed by atoms with van der Waals surface area (Å²) in [7, 11) is 0. The lowest BCUT2D eigenvalue weighted by atomic mass is 9.80. The van der Waals surface area contributed by atoms with Gasteiger partial charge in [-0.2, -0.15) is 0 Å². The van der Waals surface area contributed by atoms with Crippen LogP contribution in [0.5, 0.6) is 0 Å². The van der Waals surface area contributed by atoms with E-state index in [4.69, 9.17) is 0 Å². The molecule has 0 radical (unpaired) electrons. The summed E-state index contributed by atoms with van der Waals surface area (Å²) >= 11 is 0. The van der Waals surface area contributed by atoms with Crippen molar-refractivity contribution in [2.45, 2.75) is 59.4 Å². The van der Waals surface area contributed by atoms with Crippen LogP contribution < -0.4 is 10.6 Å². The van der Waals surface area contributed by atoms with E-state index < -0.39 is 0 Å². The highest BCUT2D eigenvalue weighted by Gasteiger charge is 2.25. The molecule has 0 aromatic rings. The zero-order valence-corrected chi connectivity index (χ0v) is 12.5. The van der Waals surface area contributed by atoms with Crippen molar-refractivity contribution in [2.24, 2.45) is 17.8 Å². The van der Waals surface area contributed by atoms with Gasteiger partial charge in [-0.1, -0.05) is 27.7 Å². The second-order valence-electron chi connectivity index (χ2n) is 6.42. The van der Waals surface area contributed by atoms with Gasteiger partial charge in [-0.05, 0) is 43.4 Å². The molecular formula is C15H30N2O. The lowest BCUT2D eigenvalue weighted by Gasteiger charge is -2.33. The van der Waals surface area contributed by atoms with Crippen LogP contribution in [0, 0.1) is 17.8 Å². The van der Waals surface area contributed by atoms with Crippen molar-refractivity contribution < 1.29 is 4.79 Å². The van der Waals surface area contributed by atoms with E-state index in [-0.39, 0.29) is 5.91 Å². The van der Waals surface area contributed by atoms with Gasteiger partial charge in [0.1, 0.15) is 0 Å². The SMILES string of the molecule is CC(C)CCNC(=O)CNC1CCC(C)CC1C. The average Bonchev–Trinajstić information content (AvgIpc) is 2.27. The monoisotopic (exact) mass is 254 g/mol. The maximum atomic E-state index is 11.7. The molecule has 0 saturated heterocycles. The first-order chi connectivity index (χ1) is 8.49. The summed E-state index contributed by atoms with van der Waals surface area (Å²) in [4.78, 5) is 11.7. The topological polar surface area (TPSA) is 41.1 Å². The van der Waals surface area contributed by atoms with Gasteiger partial charge in [0, 0.05) is 12.6 Å². The number of nitrogens with one attached hydrogen (secondary N) is 2. The molecule has 0 aromatic heterocycles. The summed E-state index contributed by atoms with van der Waals surface area (Å²) in [5.74, 6) is 2.33. The third kappa shape index (κ3) is 5.85. The van der Waals surface area contributed by atoms with Gasteiger partial charge in [-0.15, -0.1) is 0 Å². The van der Waals surface area contributed by atoms with Gasteiger partial charge in [0.25, 0.3) is 0 Å². The zero-order chi connectivity index (χ0) is 13.5. The summed E-state index contributed by atoms with van der Waals surface area (Å²) in [6.45, 7) is 10.2. The lowest BCUT2D eigenvalue weighted by Crippen LogP contribution is -2.44. The Morgan fingerprint density at radius 2 is 2.00 bits per heavy atom. The Morgan fingerprint density at radius 1 is 1.28 bits per heavy atom. The van der Waals surface area contributed by atoms with Crippen LogP contribution in [0.2, 0.25) is 0 Å². The molecule has 18 heavy (non-hydrogen) atoms. The molecule has 3 heteroatoms.